The van der Waals surface area contributed by atoms with Crippen molar-refractivity contribution in [3.63, 3.8) is 0 Å². The lowest BCUT2D eigenvalue weighted by Gasteiger charge is -2.38. The van der Waals surface area contributed by atoms with Crippen LogP contribution in [0.3, 0.4) is 0 Å². The molecule has 1 aliphatic carbocycles. The maximum absolute atomic E-state index is 14.1. The number of aliphatic hydroxyl groups excluding tert-OH is 3. The molecule has 0 aromatic heterocycles. The van der Waals surface area contributed by atoms with E-state index in [1.54, 1.807) is 24.8 Å². The number of carbonyl (C=O) groups excluding carboxylic acids is 1. The van der Waals surface area contributed by atoms with Gasteiger partial charge in [-0.2, -0.15) is 0 Å². The van der Waals surface area contributed by atoms with Crippen molar-refractivity contribution in [3.05, 3.63) is 70.5 Å². The van der Waals surface area contributed by atoms with Crippen molar-refractivity contribution in [1.29, 1.82) is 0 Å². The van der Waals surface area contributed by atoms with Crippen LogP contribution in [0, 0.1) is 5.82 Å². The first-order chi connectivity index (χ1) is 17.1. The second-order valence-electron chi connectivity index (χ2n) is 8.53. The van der Waals surface area contributed by atoms with Crippen molar-refractivity contribution in [2.24, 2.45) is 0 Å². The molecule has 0 unspecified atom stereocenters. The molecule has 0 radical (unpaired) electrons. The van der Waals surface area contributed by atoms with Crippen LogP contribution in [0.2, 0.25) is 0 Å². The van der Waals surface area contributed by atoms with E-state index >= 15 is 0 Å². The van der Waals surface area contributed by atoms with E-state index < -0.39 is 48.5 Å². The number of aliphatic carboxylic acids is 1. The lowest BCUT2D eigenvalue weighted by molar-refractivity contribution is -0.286. The number of thioether (sulfide) groups is 1. The number of allylic oxidation sites excluding steroid dienone is 2. The fourth-order valence-corrected chi connectivity index (χ4v) is 4.72. The van der Waals surface area contributed by atoms with Crippen molar-refractivity contribution in [2.75, 3.05) is 6.26 Å². The third-order valence-corrected chi connectivity index (χ3v) is 7.01. The maximum atomic E-state index is 14.1. The number of esters is 1. The van der Waals surface area contributed by atoms with Gasteiger partial charge in [0.05, 0.1) is 6.42 Å². The summed E-state index contributed by atoms with van der Waals surface area (Å²) in [5.41, 5.74) is 4.22. The molecule has 2 aliphatic rings. The molecule has 10 heteroatoms. The molecule has 0 saturated carbocycles. The molecule has 1 fully saturated rings. The normalized spacial score (nSPS) is 26.7. The summed E-state index contributed by atoms with van der Waals surface area (Å²) in [6, 6.07) is 12.2. The van der Waals surface area contributed by atoms with E-state index in [0.29, 0.717) is 11.1 Å². The lowest BCUT2D eigenvalue weighted by atomic mass is 9.99. The number of carboxylic acids is 1. The Kier molecular flexibility index (Phi) is 7.62. The molecular weight excluding hydrogens is 491 g/mol. The van der Waals surface area contributed by atoms with Gasteiger partial charge in [0.15, 0.2) is 6.10 Å². The number of hydrogen-bond donors (Lipinski definition) is 4. The van der Waals surface area contributed by atoms with Gasteiger partial charge in [0.25, 0.3) is 0 Å². The minimum absolute atomic E-state index is 0.325. The zero-order chi connectivity index (χ0) is 26.1. The van der Waals surface area contributed by atoms with E-state index in [4.69, 9.17) is 9.47 Å². The molecule has 4 rings (SSSR count). The Morgan fingerprint density at radius 2 is 1.75 bits per heavy atom. The molecule has 0 amide bonds. The first-order valence-corrected chi connectivity index (χ1v) is 12.3. The fraction of sp³-hybridized carbons (Fsp3) is 0.308. The summed E-state index contributed by atoms with van der Waals surface area (Å²) >= 11 is 1.62. The largest absolute Gasteiger partial charge is 0.479 e. The highest BCUT2D eigenvalue weighted by atomic mass is 32.2. The Hall–Kier alpha value is -3.02. The van der Waals surface area contributed by atoms with E-state index in [1.807, 2.05) is 36.6 Å². The molecule has 1 saturated heterocycles. The highest BCUT2D eigenvalue weighted by Gasteiger charge is 2.48. The number of hydrogen-bond acceptors (Lipinski definition) is 8. The summed E-state index contributed by atoms with van der Waals surface area (Å²) in [6.07, 6.45) is -5.76. The highest BCUT2D eigenvalue weighted by molar-refractivity contribution is 7.98. The Bertz CT molecular complexity index is 1240. The van der Waals surface area contributed by atoms with E-state index in [2.05, 4.69) is 0 Å². The van der Waals surface area contributed by atoms with Crippen LogP contribution >= 0.6 is 11.8 Å². The van der Waals surface area contributed by atoms with E-state index in [-0.39, 0.29) is 6.42 Å². The lowest BCUT2D eigenvalue weighted by Crippen LogP contribution is -2.60. The summed E-state index contributed by atoms with van der Waals surface area (Å²) in [5, 5.41) is 39.1. The summed E-state index contributed by atoms with van der Waals surface area (Å²) in [6.45, 7) is 1.80. The zero-order valence-corrected chi connectivity index (χ0v) is 20.2. The average molecular weight is 517 g/mol. The van der Waals surface area contributed by atoms with Crippen LogP contribution in [0.5, 0.6) is 0 Å². The molecule has 1 aliphatic heterocycles. The molecule has 0 bridgehead atoms. The van der Waals surface area contributed by atoms with E-state index in [0.717, 1.165) is 27.2 Å². The first kappa shape index (κ1) is 26.1. The molecule has 1 heterocycles. The number of rotatable bonds is 6. The Morgan fingerprint density at radius 3 is 2.39 bits per heavy atom. The van der Waals surface area contributed by atoms with Crippen LogP contribution in [0.1, 0.15) is 30.0 Å². The van der Waals surface area contributed by atoms with Gasteiger partial charge >= 0.3 is 11.9 Å². The summed E-state index contributed by atoms with van der Waals surface area (Å²) in [5.74, 6) is -2.96. The number of ether oxygens (including phenoxy) is 2. The van der Waals surface area contributed by atoms with Crippen LogP contribution in [0.15, 0.2) is 52.9 Å². The molecule has 36 heavy (non-hydrogen) atoms. The summed E-state index contributed by atoms with van der Waals surface area (Å²) < 4.78 is 24.3. The molecule has 2 aromatic carbocycles. The van der Waals surface area contributed by atoms with Crippen LogP contribution in [-0.2, 0) is 19.1 Å². The smallest absolute Gasteiger partial charge is 0.335 e. The Balaban J connectivity index is 1.60. The average Bonchev–Trinajstić information content (AvgIpc) is 3.09. The molecule has 4 N–H and O–H groups in total. The van der Waals surface area contributed by atoms with E-state index in [1.165, 1.54) is 12.1 Å². The zero-order valence-electron chi connectivity index (χ0n) is 19.4. The third kappa shape index (κ3) is 5.09. The molecule has 190 valence electrons. The van der Waals surface area contributed by atoms with Crippen molar-refractivity contribution in [3.8, 4) is 0 Å². The van der Waals surface area contributed by atoms with Crippen LogP contribution < -0.4 is 0 Å². The van der Waals surface area contributed by atoms with Gasteiger partial charge in [-0.25, -0.2) is 9.18 Å². The standard InChI is InChI=1S/C26H25FO8S/c1-12-17(9-13-3-6-15(36-2)7-4-13)16-8-5-14(27)10-19(16)18(12)11-20(28)34-26-23(31)21(29)22(30)24(35-26)25(32)33/h3-10,21-24,26,29-31H,11H2,1-2H3,(H,32,33)/b17-9-/t21-,22-,23+,24-,26+/m0/s1. The summed E-state index contributed by atoms with van der Waals surface area (Å²) in [4.78, 5) is 25.2. The van der Waals surface area contributed by atoms with Gasteiger partial charge in [-0.05, 0) is 76.9 Å². The first-order valence-electron chi connectivity index (χ1n) is 11.1. The second kappa shape index (κ2) is 10.5. The number of halogens is 1. The van der Waals surface area contributed by atoms with Gasteiger partial charge in [0.1, 0.15) is 24.1 Å². The number of carbonyl (C=O) groups is 2. The summed E-state index contributed by atoms with van der Waals surface area (Å²) in [7, 11) is 0. The van der Waals surface area contributed by atoms with Crippen molar-refractivity contribution in [2.45, 2.75) is 48.9 Å². The number of carboxylic acid groups (broad SMARTS) is 1. The van der Waals surface area contributed by atoms with Crippen molar-refractivity contribution >= 4 is 40.9 Å². The van der Waals surface area contributed by atoms with Crippen LogP contribution in [-0.4, -0.2) is 69.3 Å². The van der Waals surface area contributed by atoms with Gasteiger partial charge in [0.2, 0.25) is 6.29 Å². The quantitative estimate of drug-likeness (QED) is 0.338. The Morgan fingerprint density at radius 1 is 1.06 bits per heavy atom. The fourth-order valence-electron chi connectivity index (χ4n) is 4.31. The predicted molar refractivity (Wildman–Crippen MR) is 130 cm³/mol. The number of benzene rings is 2. The van der Waals surface area contributed by atoms with Gasteiger partial charge in [-0.15, -0.1) is 11.8 Å². The maximum Gasteiger partial charge on any atom is 0.335 e. The van der Waals surface area contributed by atoms with Gasteiger partial charge < -0.3 is 29.9 Å². The number of aliphatic hydroxyl groups is 3. The van der Waals surface area contributed by atoms with E-state index in [9.17, 15) is 34.4 Å². The molecule has 0 spiro atoms. The molecule has 5 atom stereocenters. The highest BCUT2D eigenvalue weighted by Crippen LogP contribution is 2.44. The van der Waals surface area contributed by atoms with Crippen molar-refractivity contribution < 1.29 is 43.9 Å². The van der Waals surface area contributed by atoms with Crippen LogP contribution in [0.4, 0.5) is 4.39 Å². The minimum Gasteiger partial charge on any atom is -0.479 e. The Labute approximate surface area is 210 Å². The second-order valence-corrected chi connectivity index (χ2v) is 9.41. The molecular formula is C26H25FO8S. The SMILES string of the molecule is CSc1ccc(/C=C2/C(C)=C(CC(=O)O[C@@H]3O[C@H](C(=O)O)[C@@H](O)[C@H](O)[C@H]3O)c3cc(F)ccc32)cc1. The van der Waals surface area contributed by atoms with Gasteiger partial charge in [0, 0.05) is 4.90 Å². The number of fused-ring (bicyclic) bond motifs is 1. The monoisotopic (exact) mass is 516 g/mol. The van der Waals surface area contributed by atoms with Crippen LogP contribution in [0.25, 0.3) is 17.2 Å². The molecule has 8 nitrogen and oxygen atoms in total. The van der Waals surface area contributed by atoms with Gasteiger partial charge in [-0.3, -0.25) is 4.79 Å². The predicted octanol–water partition coefficient (Wildman–Crippen LogP) is 2.70. The third-order valence-electron chi connectivity index (χ3n) is 6.26. The topological polar surface area (TPSA) is 134 Å². The van der Waals surface area contributed by atoms with Gasteiger partial charge in [-0.1, -0.05) is 18.2 Å². The molecule has 2 aromatic rings. The van der Waals surface area contributed by atoms with Crippen molar-refractivity contribution in [1.82, 2.24) is 0 Å². The minimum atomic E-state index is -1.90.